The molecule has 6 nitrogen and oxygen atoms in total. The van der Waals surface area contributed by atoms with E-state index < -0.39 is 6.10 Å². The summed E-state index contributed by atoms with van der Waals surface area (Å²) in [6, 6.07) is 0. The van der Waals surface area contributed by atoms with Crippen molar-refractivity contribution in [2.75, 3.05) is 13.2 Å². The Kier molecular flexibility index (Phi) is 45.4. The SMILES string of the molecule is CCCCCCCC/C=C\C/C=C\CCC(=O)OC(COC(=O)CCCCCCC/C=C\CCCCCCCCC)COC(=O)CCCCCCCCCCCCC. The van der Waals surface area contributed by atoms with E-state index in [1.54, 1.807) is 0 Å². The molecule has 0 amide bonds. The Labute approximate surface area is 359 Å². The number of rotatable bonds is 45. The number of ether oxygens (including phenoxy) is 3. The summed E-state index contributed by atoms with van der Waals surface area (Å²) in [4.78, 5) is 37.8. The molecule has 338 valence electrons. The molecule has 1 atom stereocenters. The van der Waals surface area contributed by atoms with Gasteiger partial charge in [-0.3, -0.25) is 14.4 Å². The summed E-state index contributed by atoms with van der Waals surface area (Å²) >= 11 is 0. The Balaban J connectivity index is 4.41. The highest BCUT2D eigenvalue weighted by atomic mass is 16.6. The van der Waals surface area contributed by atoms with E-state index in [1.807, 2.05) is 6.08 Å². The fraction of sp³-hybridized carbons (Fsp3) is 0.827. The van der Waals surface area contributed by atoms with Gasteiger partial charge in [0.2, 0.25) is 0 Å². The lowest BCUT2D eigenvalue weighted by Gasteiger charge is -2.18. The molecule has 0 bridgehead atoms. The summed E-state index contributed by atoms with van der Waals surface area (Å²) in [5.74, 6) is -0.966. The summed E-state index contributed by atoms with van der Waals surface area (Å²) in [5, 5.41) is 0. The van der Waals surface area contributed by atoms with Gasteiger partial charge in [-0.1, -0.05) is 211 Å². The van der Waals surface area contributed by atoms with Crippen LogP contribution >= 0.6 is 0 Å². The average molecular weight is 815 g/mol. The molecule has 0 spiro atoms. The van der Waals surface area contributed by atoms with E-state index in [9.17, 15) is 14.4 Å². The number of carbonyl (C=O) groups is 3. The van der Waals surface area contributed by atoms with Crippen molar-refractivity contribution >= 4 is 17.9 Å². The first-order valence-electron chi connectivity index (χ1n) is 25.0. The van der Waals surface area contributed by atoms with Gasteiger partial charge in [0, 0.05) is 19.3 Å². The van der Waals surface area contributed by atoms with Gasteiger partial charge in [0.15, 0.2) is 6.10 Å². The molecule has 0 fully saturated rings. The fourth-order valence-corrected chi connectivity index (χ4v) is 7.08. The monoisotopic (exact) mass is 815 g/mol. The van der Waals surface area contributed by atoms with Gasteiger partial charge in [0.1, 0.15) is 13.2 Å². The normalized spacial score (nSPS) is 12.3. The summed E-state index contributed by atoms with van der Waals surface area (Å²) in [6.45, 7) is 6.57. The van der Waals surface area contributed by atoms with E-state index in [0.29, 0.717) is 19.3 Å². The molecule has 0 saturated carbocycles. The molecule has 0 aromatic carbocycles. The van der Waals surface area contributed by atoms with Gasteiger partial charge in [-0.05, 0) is 64.2 Å². The van der Waals surface area contributed by atoms with Crippen molar-refractivity contribution in [3.05, 3.63) is 36.5 Å². The number of unbranched alkanes of at least 4 members (excludes halogenated alkanes) is 28. The van der Waals surface area contributed by atoms with E-state index in [-0.39, 0.29) is 37.5 Å². The molecule has 0 aromatic heterocycles. The van der Waals surface area contributed by atoms with Crippen molar-refractivity contribution in [3.8, 4) is 0 Å². The van der Waals surface area contributed by atoms with Crippen molar-refractivity contribution in [1.82, 2.24) is 0 Å². The van der Waals surface area contributed by atoms with Crippen molar-refractivity contribution in [1.29, 1.82) is 0 Å². The van der Waals surface area contributed by atoms with E-state index in [2.05, 4.69) is 51.2 Å². The summed E-state index contributed by atoms with van der Waals surface area (Å²) in [7, 11) is 0. The van der Waals surface area contributed by atoms with Crippen LogP contribution in [0.5, 0.6) is 0 Å². The minimum atomic E-state index is -0.800. The molecule has 1 unspecified atom stereocenters. The zero-order valence-electron chi connectivity index (χ0n) is 38.6. The largest absolute Gasteiger partial charge is 0.462 e. The lowest BCUT2D eigenvalue weighted by molar-refractivity contribution is -0.166. The van der Waals surface area contributed by atoms with Gasteiger partial charge < -0.3 is 14.2 Å². The third-order valence-electron chi connectivity index (χ3n) is 10.9. The maximum absolute atomic E-state index is 12.7. The van der Waals surface area contributed by atoms with Crippen LogP contribution in [0.4, 0.5) is 0 Å². The topological polar surface area (TPSA) is 78.9 Å². The molecule has 0 aromatic rings. The Morgan fingerprint density at radius 2 is 0.655 bits per heavy atom. The minimum absolute atomic E-state index is 0.0946. The molecular formula is C52H94O6. The lowest BCUT2D eigenvalue weighted by Crippen LogP contribution is -2.30. The van der Waals surface area contributed by atoms with Crippen LogP contribution in [0.25, 0.3) is 0 Å². The molecule has 0 saturated heterocycles. The maximum atomic E-state index is 12.7. The van der Waals surface area contributed by atoms with Gasteiger partial charge in [0.05, 0.1) is 0 Å². The van der Waals surface area contributed by atoms with Crippen LogP contribution < -0.4 is 0 Å². The molecule has 0 radical (unpaired) electrons. The van der Waals surface area contributed by atoms with Gasteiger partial charge in [-0.2, -0.15) is 0 Å². The molecule has 0 N–H and O–H groups in total. The molecule has 0 aliphatic rings. The molecule has 6 heteroatoms. The predicted octanol–water partition coefficient (Wildman–Crippen LogP) is 16.1. The number of allylic oxidation sites excluding steroid dienone is 6. The summed E-state index contributed by atoms with van der Waals surface area (Å²) in [5.41, 5.74) is 0. The Hall–Kier alpha value is -2.37. The van der Waals surface area contributed by atoms with E-state index >= 15 is 0 Å². The van der Waals surface area contributed by atoms with Crippen LogP contribution in [0, 0.1) is 0 Å². The molecule has 0 aliphatic heterocycles. The van der Waals surface area contributed by atoms with Gasteiger partial charge in [-0.25, -0.2) is 0 Å². The van der Waals surface area contributed by atoms with Crippen LogP contribution in [0.15, 0.2) is 36.5 Å². The molecular weight excluding hydrogens is 721 g/mol. The highest BCUT2D eigenvalue weighted by molar-refractivity contribution is 5.71. The van der Waals surface area contributed by atoms with Gasteiger partial charge >= 0.3 is 17.9 Å². The highest BCUT2D eigenvalue weighted by Gasteiger charge is 2.19. The Bertz CT molecular complexity index is 984. The first-order chi connectivity index (χ1) is 28.5. The van der Waals surface area contributed by atoms with Crippen LogP contribution in [-0.4, -0.2) is 37.2 Å². The Morgan fingerprint density at radius 1 is 0.345 bits per heavy atom. The quantitative estimate of drug-likeness (QED) is 0.0264. The van der Waals surface area contributed by atoms with Crippen molar-refractivity contribution in [2.24, 2.45) is 0 Å². The maximum Gasteiger partial charge on any atom is 0.306 e. The predicted molar refractivity (Wildman–Crippen MR) is 247 cm³/mol. The van der Waals surface area contributed by atoms with E-state index in [0.717, 1.165) is 57.8 Å². The second-order valence-electron chi connectivity index (χ2n) is 16.7. The van der Waals surface area contributed by atoms with Crippen LogP contribution in [0.1, 0.15) is 258 Å². The van der Waals surface area contributed by atoms with E-state index in [4.69, 9.17) is 14.2 Å². The zero-order chi connectivity index (χ0) is 42.3. The molecule has 58 heavy (non-hydrogen) atoms. The first-order valence-corrected chi connectivity index (χ1v) is 25.0. The summed E-state index contributed by atoms with van der Waals surface area (Å²) in [6.07, 6.45) is 54.2. The van der Waals surface area contributed by atoms with E-state index in [1.165, 1.54) is 154 Å². The van der Waals surface area contributed by atoms with Gasteiger partial charge in [0.25, 0.3) is 0 Å². The van der Waals surface area contributed by atoms with Crippen molar-refractivity contribution in [3.63, 3.8) is 0 Å². The second kappa shape index (κ2) is 47.3. The number of hydrogen-bond donors (Lipinski definition) is 0. The zero-order valence-corrected chi connectivity index (χ0v) is 38.6. The fourth-order valence-electron chi connectivity index (χ4n) is 7.08. The lowest BCUT2D eigenvalue weighted by atomic mass is 10.1. The van der Waals surface area contributed by atoms with Crippen molar-refractivity contribution in [2.45, 2.75) is 264 Å². The van der Waals surface area contributed by atoms with Crippen LogP contribution in [-0.2, 0) is 28.6 Å². The molecule has 0 rings (SSSR count). The Morgan fingerprint density at radius 3 is 1.03 bits per heavy atom. The highest BCUT2D eigenvalue weighted by Crippen LogP contribution is 2.14. The van der Waals surface area contributed by atoms with Crippen molar-refractivity contribution < 1.29 is 28.6 Å². The number of hydrogen-bond acceptors (Lipinski definition) is 6. The average Bonchev–Trinajstić information content (AvgIpc) is 3.22. The third kappa shape index (κ3) is 44.7. The second-order valence-corrected chi connectivity index (χ2v) is 16.7. The van der Waals surface area contributed by atoms with Crippen LogP contribution in [0.2, 0.25) is 0 Å². The standard InChI is InChI=1S/C52H94O6/c1-4-7-10-13-16-19-22-24-25-26-28-30-33-36-39-42-45-51(54)57-48-49(47-56-50(53)44-41-38-35-32-29-21-18-15-12-9-6-3)58-52(55)46-43-40-37-34-31-27-23-20-17-14-11-8-5-2/h25-27,31,37,40,49H,4-24,28-30,32-36,38-39,41-48H2,1-3H3/b26-25-,31-27-,40-37-. The first kappa shape index (κ1) is 55.6. The smallest absolute Gasteiger partial charge is 0.306 e. The van der Waals surface area contributed by atoms with Crippen LogP contribution in [0.3, 0.4) is 0 Å². The number of carbonyl (C=O) groups excluding carboxylic acids is 3. The number of esters is 3. The minimum Gasteiger partial charge on any atom is -0.462 e. The summed E-state index contributed by atoms with van der Waals surface area (Å²) < 4.78 is 16.7. The third-order valence-corrected chi connectivity index (χ3v) is 10.9. The molecule has 0 aliphatic carbocycles. The van der Waals surface area contributed by atoms with Gasteiger partial charge in [-0.15, -0.1) is 0 Å². The molecule has 0 heterocycles.